The number of carboxylic acid groups (broad SMARTS) is 1. The van der Waals surface area contributed by atoms with E-state index in [9.17, 15) is 9.59 Å². The van der Waals surface area contributed by atoms with Crippen LogP contribution in [-0.4, -0.2) is 37.7 Å². The summed E-state index contributed by atoms with van der Waals surface area (Å²) in [7, 11) is 0. The minimum Gasteiger partial charge on any atom is -0.478 e. The molecule has 0 aliphatic carbocycles. The average Bonchev–Trinajstić information content (AvgIpc) is 3.03. The molecular formula is C10H12N6O4. The highest BCUT2D eigenvalue weighted by atomic mass is 16.4. The van der Waals surface area contributed by atoms with Gasteiger partial charge in [0.2, 0.25) is 0 Å². The fourth-order valence-corrected chi connectivity index (χ4v) is 1.49. The molecule has 0 saturated heterocycles. The van der Waals surface area contributed by atoms with E-state index in [4.69, 9.17) is 9.52 Å². The van der Waals surface area contributed by atoms with Gasteiger partial charge in [0.25, 0.3) is 0 Å². The van der Waals surface area contributed by atoms with Gasteiger partial charge in [0.05, 0.1) is 13.1 Å². The summed E-state index contributed by atoms with van der Waals surface area (Å²) in [6.45, 7) is 1.75. The van der Waals surface area contributed by atoms with Gasteiger partial charge in [-0.25, -0.2) is 9.59 Å². The van der Waals surface area contributed by atoms with E-state index in [1.807, 2.05) is 0 Å². The molecule has 4 N–H and O–H groups in total. The predicted molar refractivity (Wildman–Crippen MR) is 63.7 cm³/mol. The third-order valence-corrected chi connectivity index (χ3v) is 2.42. The largest absolute Gasteiger partial charge is 0.478 e. The molecule has 2 rings (SSSR count). The van der Waals surface area contributed by atoms with Gasteiger partial charge >= 0.3 is 12.0 Å². The van der Waals surface area contributed by atoms with Crippen molar-refractivity contribution in [2.45, 2.75) is 20.0 Å². The van der Waals surface area contributed by atoms with E-state index in [1.165, 1.54) is 6.07 Å². The Morgan fingerprint density at radius 3 is 2.75 bits per heavy atom. The van der Waals surface area contributed by atoms with Crippen LogP contribution in [0.2, 0.25) is 0 Å². The van der Waals surface area contributed by atoms with Gasteiger partial charge in [0, 0.05) is 0 Å². The van der Waals surface area contributed by atoms with Crippen LogP contribution in [-0.2, 0) is 13.1 Å². The number of H-pyrrole nitrogens is 1. The Bertz CT molecular complexity index is 605. The standard InChI is InChI=1S/C10H12N6O4/c1-5-7(9(17)18)2-6(20-5)3-11-10(19)12-4-8-13-15-16-14-8/h2H,3-4H2,1H3,(H,17,18)(H2,11,12,19)(H,13,14,15,16). The molecular weight excluding hydrogens is 268 g/mol. The molecule has 0 aliphatic heterocycles. The highest BCUT2D eigenvalue weighted by Gasteiger charge is 2.14. The summed E-state index contributed by atoms with van der Waals surface area (Å²) in [5.74, 6) is -0.0719. The smallest absolute Gasteiger partial charge is 0.339 e. The van der Waals surface area contributed by atoms with Gasteiger partial charge in [0.1, 0.15) is 17.1 Å². The first-order valence-electron chi connectivity index (χ1n) is 5.63. The highest BCUT2D eigenvalue weighted by molar-refractivity contribution is 5.88. The number of furan rings is 1. The van der Waals surface area contributed by atoms with E-state index in [0.717, 1.165) is 0 Å². The van der Waals surface area contributed by atoms with E-state index in [2.05, 4.69) is 31.3 Å². The van der Waals surface area contributed by atoms with Crippen molar-refractivity contribution in [2.24, 2.45) is 0 Å². The van der Waals surface area contributed by atoms with Crippen molar-refractivity contribution in [3.63, 3.8) is 0 Å². The first-order chi connectivity index (χ1) is 9.56. The molecule has 20 heavy (non-hydrogen) atoms. The zero-order valence-electron chi connectivity index (χ0n) is 10.5. The number of tetrazole rings is 1. The SMILES string of the molecule is Cc1oc(CNC(=O)NCc2nn[nH]n2)cc1C(=O)O. The number of aromatic nitrogens is 4. The van der Waals surface area contributed by atoms with E-state index >= 15 is 0 Å². The van der Waals surface area contributed by atoms with Gasteiger partial charge in [-0.05, 0) is 13.0 Å². The fraction of sp³-hybridized carbons (Fsp3) is 0.300. The second-order valence-corrected chi connectivity index (χ2v) is 3.85. The summed E-state index contributed by atoms with van der Waals surface area (Å²) in [6.07, 6.45) is 0. The van der Waals surface area contributed by atoms with Crippen LogP contribution in [0.1, 0.15) is 27.7 Å². The Kier molecular flexibility index (Phi) is 3.93. The van der Waals surface area contributed by atoms with Crippen LogP contribution in [0.4, 0.5) is 4.79 Å². The molecule has 0 aromatic carbocycles. The van der Waals surface area contributed by atoms with E-state index in [1.54, 1.807) is 6.92 Å². The van der Waals surface area contributed by atoms with Crippen LogP contribution >= 0.6 is 0 Å². The minimum absolute atomic E-state index is 0.0756. The highest BCUT2D eigenvalue weighted by Crippen LogP contribution is 2.14. The van der Waals surface area contributed by atoms with Crippen molar-refractivity contribution in [3.8, 4) is 0 Å². The number of aromatic amines is 1. The van der Waals surface area contributed by atoms with E-state index in [-0.39, 0.29) is 18.7 Å². The van der Waals surface area contributed by atoms with Crippen LogP contribution < -0.4 is 10.6 Å². The number of aromatic carboxylic acids is 1. The van der Waals surface area contributed by atoms with Gasteiger partial charge in [-0.3, -0.25) is 0 Å². The van der Waals surface area contributed by atoms with Crippen LogP contribution in [0.3, 0.4) is 0 Å². The van der Waals surface area contributed by atoms with Gasteiger partial charge < -0.3 is 20.2 Å². The molecule has 106 valence electrons. The van der Waals surface area contributed by atoms with Gasteiger partial charge in [0.15, 0.2) is 5.82 Å². The van der Waals surface area contributed by atoms with Crippen molar-refractivity contribution in [1.29, 1.82) is 0 Å². The molecule has 2 heterocycles. The lowest BCUT2D eigenvalue weighted by atomic mass is 10.2. The lowest BCUT2D eigenvalue weighted by Crippen LogP contribution is -2.34. The molecule has 0 bridgehead atoms. The van der Waals surface area contributed by atoms with E-state index < -0.39 is 12.0 Å². The first-order valence-corrected chi connectivity index (χ1v) is 5.63. The fourth-order valence-electron chi connectivity index (χ4n) is 1.49. The predicted octanol–water partition coefficient (Wildman–Crippen LogP) is -0.201. The van der Waals surface area contributed by atoms with E-state index in [0.29, 0.717) is 17.3 Å². The number of carboxylic acids is 1. The summed E-state index contributed by atoms with van der Waals surface area (Å²) in [6, 6.07) is 0.914. The maximum absolute atomic E-state index is 11.5. The molecule has 0 atom stereocenters. The zero-order valence-corrected chi connectivity index (χ0v) is 10.5. The minimum atomic E-state index is -1.07. The molecule has 10 heteroatoms. The van der Waals surface area contributed by atoms with Crippen molar-refractivity contribution >= 4 is 12.0 Å². The number of amides is 2. The normalized spacial score (nSPS) is 10.2. The van der Waals surface area contributed by atoms with Crippen molar-refractivity contribution in [2.75, 3.05) is 0 Å². The summed E-state index contributed by atoms with van der Waals surface area (Å²) in [4.78, 5) is 22.3. The maximum atomic E-state index is 11.5. The number of nitrogens with zero attached hydrogens (tertiary/aromatic N) is 3. The lowest BCUT2D eigenvalue weighted by molar-refractivity contribution is 0.0695. The number of hydrogen-bond acceptors (Lipinski definition) is 6. The second-order valence-electron chi connectivity index (χ2n) is 3.85. The van der Waals surface area contributed by atoms with Crippen molar-refractivity contribution in [1.82, 2.24) is 31.3 Å². The molecule has 0 saturated carbocycles. The lowest BCUT2D eigenvalue weighted by Gasteiger charge is -2.03. The maximum Gasteiger partial charge on any atom is 0.339 e. The second kappa shape index (κ2) is 5.82. The molecule has 0 fully saturated rings. The number of carbonyl (C=O) groups excluding carboxylic acids is 1. The molecule has 10 nitrogen and oxygen atoms in total. The van der Waals surface area contributed by atoms with Gasteiger partial charge in [-0.1, -0.05) is 5.21 Å². The monoisotopic (exact) mass is 280 g/mol. The number of nitrogens with one attached hydrogen (secondary N) is 3. The number of rotatable bonds is 5. The number of hydrogen-bond donors (Lipinski definition) is 4. The number of urea groups is 1. The molecule has 0 unspecified atom stereocenters. The average molecular weight is 280 g/mol. The third kappa shape index (κ3) is 3.31. The third-order valence-electron chi connectivity index (χ3n) is 2.42. The number of aryl methyl sites for hydroxylation is 1. The quantitative estimate of drug-likeness (QED) is 0.593. The van der Waals surface area contributed by atoms with Crippen LogP contribution in [0, 0.1) is 6.92 Å². The molecule has 0 spiro atoms. The van der Waals surface area contributed by atoms with Crippen molar-refractivity contribution in [3.05, 3.63) is 29.0 Å². The zero-order chi connectivity index (χ0) is 14.5. The van der Waals surface area contributed by atoms with Crippen LogP contribution in [0.15, 0.2) is 10.5 Å². The summed E-state index contributed by atoms with van der Waals surface area (Å²) >= 11 is 0. The Labute approximate surface area is 112 Å². The summed E-state index contributed by atoms with van der Waals surface area (Å²) < 4.78 is 5.21. The van der Waals surface area contributed by atoms with Gasteiger partial charge in [-0.15, -0.1) is 10.2 Å². The first kappa shape index (κ1) is 13.5. The van der Waals surface area contributed by atoms with Gasteiger partial charge in [-0.2, -0.15) is 5.21 Å². The number of carbonyl (C=O) groups is 2. The Morgan fingerprint density at radius 2 is 2.15 bits per heavy atom. The summed E-state index contributed by atoms with van der Waals surface area (Å²) in [5.41, 5.74) is 0.0778. The molecule has 2 aromatic rings. The molecule has 0 aliphatic rings. The van der Waals surface area contributed by atoms with Crippen LogP contribution in [0.5, 0.6) is 0 Å². The van der Waals surface area contributed by atoms with Crippen LogP contribution in [0.25, 0.3) is 0 Å². The molecule has 2 aromatic heterocycles. The Balaban J connectivity index is 1.81. The molecule has 0 radical (unpaired) electrons. The molecule has 2 amide bonds. The summed E-state index contributed by atoms with van der Waals surface area (Å²) in [5, 5.41) is 26.8. The van der Waals surface area contributed by atoms with Crippen molar-refractivity contribution < 1.29 is 19.1 Å². The topological polar surface area (TPSA) is 146 Å². The Morgan fingerprint density at radius 1 is 1.40 bits per heavy atom. The Hall–Kier alpha value is -2.91.